The summed E-state index contributed by atoms with van der Waals surface area (Å²) >= 11 is 0. The number of likely N-dealkylation sites (tertiary alicyclic amines) is 1. The third kappa shape index (κ3) is 5.39. The standard InChI is InChI=1S/C16H23NO4.ClH/c1-3-20-16(18)12-21-15-10-13(6-7-14(15)19-2)11-17-8-4-5-9-17;/h6-7,10H,3-5,8-9,11-12H2,1-2H3;1H. The van der Waals surface area contributed by atoms with E-state index in [1.807, 2.05) is 18.2 Å². The van der Waals surface area contributed by atoms with Crippen LogP contribution in [0.4, 0.5) is 0 Å². The van der Waals surface area contributed by atoms with Gasteiger partial charge in [0.2, 0.25) is 0 Å². The van der Waals surface area contributed by atoms with Crippen LogP contribution in [0.5, 0.6) is 11.5 Å². The summed E-state index contributed by atoms with van der Waals surface area (Å²) in [5.74, 6) is 0.844. The number of halogens is 1. The SMILES string of the molecule is CCOC(=O)COc1cc(CN2CCCC2)ccc1OC.Cl. The van der Waals surface area contributed by atoms with Crippen LogP contribution in [0.1, 0.15) is 25.3 Å². The van der Waals surface area contributed by atoms with Crippen LogP contribution in [0.2, 0.25) is 0 Å². The first-order valence-corrected chi connectivity index (χ1v) is 7.40. The quantitative estimate of drug-likeness (QED) is 0.720. The lowest BCUT2D eigenvalue weighted by atomic mass is 10.2. The Balaban J connectivity index is 0.00000242. The molecule has 124 valence electrons. The molecule has 0 spiro atoms. The van der Waals surface area contributed by atoms with E-state index in [0.29, 0.717) is 18.1 Å². The summed E-state index contributed by atoms with van der Waals surface area (Å²) in [4.78, 5) is 13.8. The summed E-state index contributed by atoms with van der Waals surface area (Å²) in [5, 5.41) is 0. The predicted molar refractivity (Wildman–Crippen MR) is 86.9 cm³/mol. The van der Waals surface area contributed by atoms with Crippen molar-refractivity contribution < 1.29 is 19.0 Å². The summed E-state index contributed by atoms with van der Waals surface area (Å²) < 4.78 is 15.7. The van der Waals surface area contributed by atoms with Crippen LogP contribution >= 0.6 is 12.4 Å². The number of nitrogens with zero attached hydrogens (tertiary/aromatic N) is 1. The fourth-order valence-corrected chi connectivity index (χ4v) is 2.47. The monoisotopic (exact) mass is 329 g/mol. The number of hydrogen-bond donors (Lipinski definition) is 0. The molecule has 0 amide bonds. The number of benzene rings is 1. The molecule has 0 N–H and O–H groups in total. The van der Waals surface area contributed by atoms with Crippen molar-refractivity contribution in [2.24, 2.45) is 0 Å². The highest BCUT2D eigenvalue weighted by Crippen LogP contribution is 2.29. The average molecular weight is 330 g/mol. The van der Waals surface area contributed by atoms with Crippen molar-refractivity contribution in [3.05, 3.63) is 23.8 Å². The number of carbonyl (C=O) groups excluding carboxylic acids is 1. The van der Waals surface area contributed by atoms with Gasteiger partial charge >= 0.3 is 5.97 Å². The van der Waals surface area contributed by atoms with Crippen LogP contribution in [-0.2, 0) is 16.1 Å². The fourth-order valence-electron chi connectivity index (χ4n) is 2.47. The third-order valence-electron chi connectivity index (χ3n) is 3.48. The molecule has 0 unspecified atom stereocenters. The van der Waals surface area contributed by atoms with Gasteiger partial charge in [-0.2, -0.15) is 0 Å². The molecule has 1 heterocycles. The van der Waals surface area contributed by atoms with Crippen LogP contribution in [0, 0.1) is 0 Å². The molecule has 0 atom stereocenters. The summed E-state index contributed by atoms with van der Waals surface area (Å²) in [6.07, 6.45) is 2.53. The first-order chi connectivity index (χ1) is 10.2. The minimum Gasteiger partial charge on any atom is -0.493 e. The van der Waals surface area contributed by atoms with Crippen LogP contribution < -0.4 is 9.47 Å². The lowest BCUT2D eigenvalue weighted by molar-refractivity contribution is -0.145. The highest BCUT2D eigenvalue weighted by molar-refractivity contribution is 5.85. The Morgan fingerprint density at radius 3 is 2.59 bits per heavy atom. The van der Waals surface area contributed by atoms with E-state index in [1.165, 1.54) is 12.8 Å². The van der Waals surface area contributed by atoms with E-state index in [1.54, 1.807) is 14.0 Å². The van der Waals surface area contributed by atoms with Gasteiger partial charge in [0, 0.05) is 6.54 Å². The van der Waals surface area contributed by atoms with E-state index < -0.39 is 0 Å². The first-order valence-electron chi connectivity index (χ1n) is 7.40. The molecule has 0 radical (unpaired) electrons. The molecule has 1 fully saturated rings. The second kappa shape index (κ2) is 9.54. The van der Waals surface area contributed by atoms with Gasteiger partial charge in [0.15, 0.2) is 18.1 Å². The van der Waals surface area contributed by atoms with Gasteiger partial charge in [-0.15, -0.1) is 12.4 Å². The third-order valence-corrected chi connectivity index (χ3v) is 3.48. The number of ether oxygens (including phenoxy) is 3. The van der Waals surface area contributed by atoms with E-state index >= 15 is 0 Å². The van der Waals surface area contributed by atoms with Crippen LogP contribution in [0.3, 0.4) is 0 Å². The zero-order valence-electron chi connectivity index (χ0n) is 13.2. The number of methoxy groups -OCH3 is 1. The Morgan fingerprint density at radius 1 is 1.23 bits per heavy atom. The molecule has 0 bridgehead atoms. The van der Waals surface area contributed by atoms with Crippen molar-refractivity contribution in [3.8, 4) is 11.5 Å². The molecule has 0 aromatic heterocycles. The minimum absolute atomic E-state index is 0. The molecule has 1 aliphatic rings. The predicted octanol–water partition coefficient (Wildman–Crippen LogP) is 2.65. The van der Waals surface area contributed by atoms with Gasteiger partial charge in [-0.05, 0) is 50.6 Å². The van der Waals surface area contributed by atoms with Gasteiger partial charge in [-0.3, -0.25) is 4.90 Å². The maximum atomic E-state index is 11.4. The largest absolute Gasteiger partial charge is 0.493 e. The number of carbonyl (C=O) groups is 1. The van der Waals surface area contributed by atoms with Gasteiger partial charge in [0.05, 0.1) is 13.7 Å². The maximum Gasteiger partial charge on any atom is 0.344 e. The highest BCUT2D eigenvalue weighted by atomic mass is 35.5. The number of rotatable bonds is 7. The lowest BCUT2D eigenvalue weighted by Crippen LogP contribution is -2.18. The maximum absolute atomic E-state index is 11.4. The fraction of sp³-hybridized carbons (Fsp3) is 0.562. The Labute approximate surface area is 137 Å². The molecule has 2 rings (SSSR count). The first kappa shape index (κ1) is 18.6. The smallest absolute Gasteiger partial charge is 0.344 e. The molecule has 1 aliphatic heterocycles. The Bertz CT molecular complexity index is 475. The van der Waals surface area contributed by atoms with E-state index in [2.05, 4.69) is 4.90 Å². The summed E-state index contributed by atoms with van der Waals surface area (Å²) in [5.41, 5.74) is 1.16. The summed E-state index contributed by atoms with van der Waals surface area (Å²) in [7, 11) is 1.59. The second-order valence-electron chi connectivity index (χ2n) is 5.06. The number of esters is 1. The molecule has 5 nitrogen and oxygen atoms in total. The van der Waals surface area contributed by atoms with Gasteiger partial charge in [-0.1, -0.05) is 6.07 Å². The van der Waals surface area contributed by atoms with E-state index in [0.717, 1.165) is 25.2 Å². The van der Waals surface area contributed by atoms with Crippen molar-refractivity contribution in [3.63, 3.8) is 0 Å². The zero-order valence-corrected chi connectivity index (χ0v) is 14.0. The molecule has 1 aromatic carbocycles. The van der Waals surface area contributed by atoms with E-state index in [9.17, 15) is 4.79 Å². The summed E-state index contributed by atoms with van der Waals surface area (Å²) in [6.45, 7) is 5.22. The van der Waals surface area contributed by atoms with Crippen LogP contribution in [-0.4, -0.2) is 44.3 Å². The molecule has 1 saturated heterocycles. The van der Waals surface area contributed by atoms with Crippen molar-refractivity contribution in [1.82, 2.24) is 4.90 Å². The van der Waals surface area contributed by atoms with Gasteiger partial charge in [0.25, 0.3) is 0 Å². The van der Waals surface area contributed by atoms with Crippen molar-refractivity contribution in [2.75, 3.05) is 33.4 Å². The molecule has 6 heteroatoms. The molecule has 0 saturated carbocycles. The van der Waals surface area contributed by atoms with E-state index in [-0.39, 0.29) is 25.0 Å². The van der Waals surface area contributed by atoms with Gasteiger partial charge < -0.3 is 14.2 Å². The topological polar surface area (TPSA) is 48.0 Å². The van der Waals surface area contributed by atoms with E-state index in [4.69, 9.17) is 14.2 Å². The van der Waals surface area contributed by atoms with Crippen LogP contribution in [0.25, 0.3) is 0 Å². The van der Waals surface area contributed by atoms with Crippen molar-refractivity contribution in [1.29, 1.82) is 0 Å². The minimum atomic E-state index is -0.371. The number of hydrogen-bond acceptors (Lipinski definition) is 5. The zero-order chi connectivity index (χ0) is 15.1. The average Bonchev–Trinajstić information content (AvgIpc) is 2.98. The molecule has 0 aliphatic carbocycles. The van der Waals surface area contributed by atoms with Crippen molar-refractivity contribution >= 4 is 18.4 Å². The highest BCUT2D eigenvalue weighted by Gasteiger charge is 2.14. The normalized spacial score (nSPS) is 14.3. The second-order valence-corrected chi connectivity index (χ2v) is 5.06. The molecular weight excluding hydrogens is 306 g/mol. The van der Waals surface area contributed by atoms with Gasteiger partial charge in [-0.25, -0.2) is 4.79 Å². The molecule has 1 aromatic rings. The van der Waals surface area contributed by atoms with Crippen LogP contribution in [0.15, 0.2) is 18.2 Å². The molecule has 22 heavy (non-hydrogen) atoms. The van der Waals surface area contributed by atoms with Crippen molar-refractivity contribution in [2.45, 2.75) is 26.3 Å². The van der Waals surface area contributed by atoms with Gasteiger partial charge in [0.1, 0.15) is 0 Å². The lowest BCUT2D eigenvalue weighted by Gasteiger charge is -2.16. The Kier molecular flexibility index (Phi) is 8.06. The Morgan fingerprint density at radius 2 is 1.95 bits per heavy atom. The summed E-state index contributed by atoms with van der Waals surface area (Å²) in [6, 6.07) is 5.86. The Hall–Kier alpha value is -1.46. The molecular formula is C16H24ClNO4.